The Hall–Kier alpha value is -2.99. The topological polar surface area (TPSA) is 60.0 Å². The number of ether oxygens (including phenoxy) is 3. The van der Waals surface area contributed by atoms with Gasteiger partial charge in [0, 0.05) is 30.7 Å². The van der Waals surface area contributed by atoms with Gasteiger partial charge in [-0.2, -0.15) is 0 Å². The molecule has 0 saturated carbocycles. The molecule has 0 unspecified atom stereocenters. The average Bonchev–Trinajstić information content (AvgIpc) is 3.29. The third kappa shape index (κ3) is 8.01. The number of carbonyl (C=O) groups is 1. The van der Waals surface area contributed by atoms with Crippen molar-refractivity contribution in [1.82, 2.24) is 10.2 Å². The molecule has 6 nitrogen and oxygen atoms in total. The smallest absolute Gasteiger partial charge is 0.407 e. The second-order valence-electron chi connectivity index (χ2n) is 12.5. The van der Waals surface area contributed by atoms with Crippen LogP contribution < -0.4 is 14.8 Å². The van der Waals surface area contributed by atoms with Gasteiger partial charge in [0.2, 0.25) is 0 Å². The number of likely N-dealkylation sites (tertiary alicyclic amines) is 1. The number of benzene rings is 2. The van der Waals surface area contributed by atoms with Gasteiger partial charge in [0.05, 0.1) is 7.11 Å². The van der Waals surface area contributed by atoms with Crippen LogP contribution >= 0.6 is 0 Å². The minimum Gasteiger partial charge on any atom is -0.496 e. The summed E-state index contributed by atoms with van der Waals surface area (Å²) in [4.78, 5) is 14.6. The molecule has 212 valence electrons. The zero-order valence-corrected chi connectivity index (χ0v) is 24.9. The van der Waals surface area contributed by atoms with Crippen LogP contribution in [0.5, 0.6) is 11.5 Å². The summed E-state index contributed by atoms with van der Waals surface area (Å²) in [5, 5.41) is 2.89. The molecule has 1 aliphatic heterocycles. The van der Waals surface area contributed by atoms with E-state index in [0.29, 0.717) is 12.5 Å². The quantitative estimate of drug-likeness (QED) is 0.384. The lowest BCUT2D eigenvalue weighted by atomic mass is 9.86. The van der Waals surface area contributed by atoms with E-state index in [1.807, 2.05) is 20.8 Å². The summed E-state index contributed by atoms with van der Waals surface area (Å²) in [5.74, 6) is 2.39. The number of amides is 1. The Morgan fingerprint density at radius 3 is 2.64 bits per heavy atom. The summed E-state index contributed by atoms with van der Waals surface area (Å²) in [6.45, 7) is 15.7. The van der Waals surface area contributed by atoms with Gasteiger partial charge in [-0.05, 0) is 99.8 Å². The normalized spacial score (nSPS) is 17.8. The van der Waals surface area contributed by atoms with Gasteiger partial charge in [-0.1, -0.05) is 37.6 Å². The van der Waals surface area contributed by atoms with E-state index in [9.17, 15) is 4.79 Å². The molecule has 2 aliphatic rings. The number of carbonyl (C=O) groups excluding carboxylic acids is 1. The zero-order valence-electron chi connectivity index (χ0n) is 24.9. The SMILES string of the molecule is COc1cc(CC(C)C)ccc1COc1ccc2c(c1)CCC(CN1CC[C@@H](OC(=O)NC(C)(C)C)C1)=C2C. The summed E-state index contributed by atoms with van der Waals surface area (Å²) in [7, 11) is 1.72. The highest BCUT2D eigenvalue weighted by atomic mass is 16.6. The van der Waals surface area contributed by atoms with Crippen LogP contribution in [0.15, 0.2) is 42.0 Å². The van der Waals surface area contributed by atoms with Gasteiger partial charge in [-0.15, -0.1) is 0 Å². The molecule has 6 heteroatoms. The Morgan fingerprint density at radius 1 is 1.13 bits per heavy atom. The fraction of sp³-hybridized carbons (Fsp3) is 0.545. The number of rotatable bonds is 9. The molecule has 0 spiro atoms. The van der Waals surface area contributed by atoms with Gasteiger partial charge >= 0.3 is 6.09 Å². The standard InChI is InChI=1S/C33H46N2O4/c1-22(2)16-24-8-9-27(31(17-24)37-7)21-38-28-12-13-30-23(3)26(11-10-25(30)18-28)19-35-15-14-29(20-35)39-32(36)34-33(4,5)6/h8-9,12-13,17-18,22,29H,10-11,14-16,19-21H2,1-7H3,(H,34,36)/t29-/m1/s1. The molecular weight excluding hydrogens is 488 g/mol. The highest BCUT2D eigenvalue weighted by molar-refractivity contribution is 5.72. The maximum absolute atomic E-state index is 12.2. The first-order chi connectivity index (χ1) is 18.5. The molecule has 1 N–H and O–H groups in total. The lowest BCUT2D eigenvalue weighted by Gasteiger charge is -2.26. The molecule has 0 aromatic heterocycles. The Labute approximate surface area is 234 Å². The van der Waals surface area contributed by atoms with Gasteiger partial charge in [0.25, 0.3) is 0 Å². The predicted octanol–water partition coefficient (Wildman–Crippen LogP) is 6.79. The third-order valence-electron chi connectivity index (χ3n) is 7.49. The monoisotopic (exact) mass is 534 g/mol. The van der Waals surface area contributed by atoms with Crippen LogP contribution in [0.2, 0.25) is 0 Å². The summed E-state index contributed by atoms with van der Waals surface area (Å²) in [6.07, 6.45) is 3.60. The van der Waals surface area contributed by atoms with Crippen molar-refractivity contribution in [3.05, 3.63) is 64.2 Å². The van der Waals surface area contributed by atoms with E-state index in [1.165, 1.54) is 27.8 Å². The van der Waals surface area contributed by atoms with Crippen LogP contribution in [0.4, 0.5) is 4.79 Å². The molecule has 1 heterocycles. The molecule has 1 saturated heterocycles. The fourth-order valence-corrected chi connectivity index (χ4v) is 5.56. The van der Waals surface area contributed by atoms with Gasteiger partial charge in [0.1, 0.15) is 24.2 Å². The van der Waals surface area contributed by atoms with Crippen molar-refractivity contribution in [3.8, 4) is 11.5 Å². The molecule has 1 amide bonds. The fourth-order valence-electron chi connectivity index (χ4n) is 5.56. The first-order valence-electron chi connectivity index (χ1n) is 14.3. The predicted molar refractivity (Wildman–Crippen MR) is 157 cm³/mol. The Morgan fingerprint density at radius 2 is 1.92 bits per heavy atom. The molecule has 1 fully saturated rings. The number of nitrogens with zero attached hydrogens (tertiary/aromatic N) is 1. The maximum Gasteiger partial charge on any atom is 0.407 e. The Balaban J connectivity index is 1.34. The van der Waals surface area contributed by atoms with E-state index < -0.39 is 0 Å². The number of hydrogen-bond acceptors (Lipinski definition) is 5. The van der Waals surface area contributed by atoms with Crippen LogP contribution in [0, 0.1) is 5.92 Å². The minimum absolute atomic E-state index is 0.0473. The molecule has 2 aromatic carbocycles. The van der Waals surface area contributed by atoms with E-state index in [4.69, 9.17) is 14.2 Å². The zero-order chi connectivity index (χ0) is 28.2. The second kappa shape index (κ2) is 12.5. The van der Waals surface area contributed by atoms with Crippen molar-refractivity contribution in [2.45, 2.75) is 85.5 Å². The second-order valence-corrected chi connectivity index (χ2v) is 12.5. The summed E-state index contributed by atoms with van der Waals surface area (Å²) < 4.78 is 17.5. The Kier molecular flexibility index (Phi) is 9.27. The van der Waals surface area contributed by atoms with Gasteiger partial charge in [-0.3, -0.25) is 4.90 Å². The first-order valence-corrected chi connectivity index (χ1v) is 14.3. The number of methoxy groups -OCH3 is 1. The number of allylic oxidation sites excluding steroid dienone is 1. The lowest BCUT2D eigenvalue weighted by Crippen LogP contribution is -2.42. The summed E-state index contributed by atoms with van der Waals surface area (Å²) in [6, 6.07) is 12.9. The number of nitrogens with one attached hydrogen (secondary N) is 1. The number of aryl methyl sites for hydroxylation is 1. The van der Waals surface area contributed by atoms with E-state index in [1.54, 1.807) is 7.11 Å². The van der Waals surface area contributed by atoms with Crippen molar-refractivity contribution in [3.63, 3.8) is 0 Å². The van der Waals surface area contributed by atoms with Crippen LogP contribution in [0.1, 0.15) is 76.6 Å². The average molecular weight is 535 g/mol. The van der Waals surface area contributed by atoms with Crippen LogP contribution in [-0.2, 0) is 24.2 Å². The number of alkyl carbamates (subject to hydrolysis) is 1. The van der Waals surface area contributed by atoms with Crippen molar-refractivity contribution in [2.75, 3.05) is 26.7 Å². The van der Waals surface area contributed by atoms with Crippen molar-refractivity contribution in [2.24, 2.45) is 5.92 Å². The van der Waals surface area contributed by atoms with Crippen LogP contribution in [0.25, 0.3) is 5.57 Å². The van der Waals surface area contributed by atoms with Crippen LogP contribution in [-0.4, -0.2) is 49.4 Å². The minimum atomic E-state index is -0.323. The number of fused-ring (bicyclic) bond motifs is 1. The lowest BCUT2D eigenvalue weighted by molar-refractivity contribution is 0.0948. The number of hydrogen-bond donors (Lipinski definition) is 1. The molecule has 2 aromatic rings. The Bertz CT molecular complexity index is 1190. The van der Waals surface area contributed by atoms with Crippen LogP contribution in [0.3, 0.4) is 0 Å². The molecule has 1 atom stereocenters. The molecule has 0 bridgehead atoms. The van der Waals surface area contributed by atoms with Crippen molar-refractivity contribution in [1.29, 1.82) is 0 Å². The highest BCUT2D eigenvalue weighted by Crippen LogP contribution is 2.34. The molecule has 39 heavy (non-hydrogen) atoms. The van der Waals surface area contributed by atoms with Crippen molar-refractivity contribution < 1.29 is 19.0 Å². The van der Waals surface area contributed by atoms with E-state index in [0.717, 1.165) is 62.4 Å². The molecule has 4 rings (SSSR count). The maximum atomic E-state index is 12.2. The summed E-state index contributed by atoms with van der Waals surface area (Å²) in [5.41, 5.74) is 7.56. The van der Waals surface area contributed by atoms with E-state index in [2.05, 4.69) is 67.4 Å². The first kappa shape index (κ1) is 29.0. The van der Waals surface area contributed by atoms with Crippen molar-refractivity contribution >= 4 is 11.7 Å². The van der Waals surface area contributed by atoms with E-state index >= 15 is 0 Å². The van der Waals surface area contributed by atoms with Gasteiger partial charge < -0.3 is 19.5 Å². The molecule has 1 aliphatic carbocycles. The molecular formula is C33H46N2O4. The third-order valence-corrected chi connectivity index (χ3v) is 7.49. The summed E-state index contributed by atoms with van der Waals surface area (Å²) >= 11 is 0. The highest BCUT2D eigenvalue weighted by Gasteiger charge is 2.28. The van der Waals surface area contributed by atoms with Gasteiger partial charge in [-0.25, -0.2) is 4.79 Å². The largest absolute Gasteiger partial charge is 0.496 e. The van der Waals surface area contributed by atoms with Gasteiger partial charge in [0.15, 0.2) is 0 Å². The van der Waals surface area contributed by atoms with E-state index in [-0.39, 0.29) is 17.7 Å². The molecule has 0 radical (unpaired) electrons.